The first-order chi connectivity index (χ1) is 9.13. The Labute approximate surface area is 117 Å². The molecule has 0 aliphatic carbocycles. The molecule has 0 bridgehead atoms. The zero-order valence-corrected chi connectivity index (χ0v) is 11.9. The predicted molar refractivity (Wildman–Crippen MR) is 76.1 cm³/mol. The summed E-state index contributed by atoms with van der Waals surface area (Å²) < 4.78 is 1.86. The van der Waals surface area contributed by atoms with Crippen molar-refractivity contribution in [3.63, 3.8) is 0 Å². The smallest absolute Gasteiger partial charge is 0.223 e. The molecule has 0 fully saturated rings. The van der Waals surface area contributed by atoms with E-state index in [4.69, 9.17) is 11.6 Å². The van der Waals surface area contributed by atoms with Crippen LogP contribution in [0.25, 0.3) is 5.65 Å². The molecule has 0 saturated carbocycles. The van der Waals surface area contributed by atoms with Crippen LogP contribution in [0.2, 0.25) is 5.02 Å². The first-order valence-corrected chi connectivity index (χ1v) is 6.92. The van der Waals surface area contributed by atoms with Gasteiger partial charge in [0.05, 0.1) is 17.3 Å². The average molecular weight is 280 g/mol. The van der Waals surface area contributed by atoms with Crippen LogP contribution in [0.3, 0.4) is 0 Å². The van der Waals surface area contributed by atoms with E-state index < -0.39 is 0 Å². The maximum absolute atomic E-state index is 11.9. The van der Waals surface area contributed by atoms with Crippen molar-refractivity contribution in [1.82, 2.24) is 14.7 Å². The molecule has 1 amide bonds. The van der Waals surface area contributed by atoms with Gasteiger partial charge < -0.3 is 9.72 Å². The van der Waals surface area contributed by atoms with Crippen molar-refractivity contribution in [2.45, 2.75) is 33.2 Å². The number of hydrogen-bond donors (Lipinski definition) is 1. The van der Waals surface area contributed by atoms with E-state index in [2.05, 4.69) is 10.3 Å². The lowest BCUT2D eigenvalue weighted by molar-refractivity contribution is -0.125. The van der Waals surface area contributed by atoms with Crippen molar-refractivity contribution in [2.24, 2.45) is 5.92 Å². The molecule has 2 aromatic heterocycles. The van der Waals surface area contributed by atoms with Crippen LogP contribution in [-0.2, 0) is 11.3 Å². The lowest BCUT2D eigenvalue weighted by Gasteiger charge is -2.11. The van der Waals surface area contributed by atoms with Gasteiger partial charge in [-0.15, -0.1) is 0 Å². The van der Waals surface area contributed by atoms with Gasteiger partial charge in [0.1, 0.15) is 5.65 Å². The van der Waals surface area contributed by atoms with Crippen LogP contribution in [0.4, 0.5) is 0 Å². The minimum absolute atomic E-state index is 0.0893. The average Bonchev–Trinajstić information content (AvgIpc) is 2.79. The Morgan fingerprint density at radius 3 is 2.79 bits per heavy atom. The Bertz CT molecular complexity index is 575. The monoisotopic (exact) mass is 279 g/mol. The summed E-state index contributed by atoms with van der Waals surface area (Å²) in [4.78, 5) is 16.3. The van der Waals surface area contributed by atoms with E-state index in [0.717, 1.165) is 24.2 Å². The molecule has 0 aliphatic heterocycles. The number of rotatable bonds is 5. The van der Waals surface area contributed by atoms with Crippen molar-refractivity contribution >= 4 is 23.2 Å². The molecule has 2 aromatic rings. The number of nitrogens with one attached hydrogen (secondary N) is 1. The highest BCUT2D eigenvalue weighted by molar-refractivity contribution is 6.30. The lowest BCUT2D eigenvalue weighted by Crippen LogP contribution is -2.29. The van der Waals surface area contributed by atoms with E-state index in [1.165, 1.54) is 0 Å². The van der Waals surface area contributed by atoms with E-state index in [-0.39, 0.29) is 11.8 Å². The van der Waals surface area contributed by atoms with Crippen molar-refractivity contribution in [3.05, 3.63) is 35.2 Å². The van der Waals surface area contributed by atoms with Gasteiger partial charge in [-0.25, -0.2) is 4.98 Å². The Morgan fingerprint density at radius 2 is 2.11 bits per heavy atom. The first kappa shape index (κ1) is 13.9. The van der Waals surface area contributed by atoms with Gasteiger partial charge >= 0.3 is 0 Å². The fraction of sp³-hybridized carbons (Fsp3) is 0.429. The van der Waals surface area contributed by atoms with Crippen LogP contribution in [0.5, 0.6) is 0 Å². The van der Waals surface area contributed by atoms with Gasteiger partial charge in [-0.05, 0) is 25.0 Å². The molecule has 0 aliphatic rings. The Balaban J connectivity index is 2.03. The van der Waals surface area contributed by atoms with E-state index >= 15 is 0 Å². The fourth-order valence-electron chi connectivity index (χ4n) is 2.08. The molecule has 0 atom stereocenters. The molecule has 2 heterocycles. The molecular formula is C14H18ClN3O. The molecule has 0 spiro atoms. The summed E-state index contributed by atoms with van der Waals surface area (Å²) in [5, 5.41) is 3.59. The van der Waals surface area contributed by atoms with Crippen LogP contribution >= 0.6 is 11.6 Å². The summed E-state index contributed by atoms with van der Waals surface area (Å²) in [5.74, 6) is 0.187. The van der Waals surface area contributed by atoms with Crippen LogP contribution in [0.15, 0.2) is 24.5 Å². The van der Waals surface area contributed by atoms with E-state index in [0.29, 0.717) is 11.6 Å². The summed E-state index contributed by atoms with van der Waals surface area (Å²) in [6.45, 7) is 4.51. The second-order valence-corrected chi connectivity index (χ2v) is 5.01. The summed E-state index contributed by atoms with van der Waals surface area (Å²) in [6, 6.07) is 3.66. The zero-order valence-electron chi connectivity index (χ0n) is 11.2. The number of imidazole rings is 1. The first-order valence-electron chi connectivity index (χ1n) is 6.54. The fourth-order valence-corrected chi connectivity index (χ4v) is 2.25. The van der Waals surface area contributed by atoms with Crippen LogP contribution in [0.1, 0.15) is 32.4 Å². The zero-order chi connectivity index (χ0) is 13.8. The second kappa shape index (κ2) is 6.06. The van der Waals surface area contributed by atoms with Gasteiger partial charge in [-0.2, -0.15) is 0 Å². The third kappa shape index (κ3) is 3.26. The predicted octanol–water partition coefficient (Wildman–Crippen LogP) is 3.04. The number of carbonyl (C=O) groups excluding carboxylic acids is 1. The van der Waals surface area contributed by atoms with E-state index in [9.17, 15) is 4.79 Å². The molecule has 0 unspecified atom stereocenters. The van der Waals surface area contributed by atoms with Crippen LogP contribution in [0, 0.1) is 5.92 Å². The van der Waals surface area contributed by atoms with Gasteiger partial charge in [0.25, 0.3) is 0 Å². The molecule has 1 N–H and O–H groups in total. The number of hydrogen-bond acceptors (Lipinski definition) is 2. The molecule has 0 saturated heterocycles. The normalized spacial score (nSPS) is 11.2. The van der Waals surface area contributed by atoms with E-state index in [1.807, 2.05) is 30.5 Å². The maximum Gasteiger partial charge on any atom is 0.223 e. The largest absolute Gasteiger partial charge is 0.350 e. The van der Waals surface area contributed by atoms with Crippen LogP contribution in [-0.4, -0.2) is 15.3 Å². The highest BCUT2D eigenvalue weighted by Gasteiger charge is 2.13. The summed E-state index contributed by atoms with van der Waals surface area (Å²) in [7, 11) is 0. The molecule has 4 nitrogen and oxygen atoms in total. The highest BCUT2D eigenvalue weighted by atomic mass is 35.5. The third-order valence-corrected chi connectivity index (χ3v) is 3.49. The minimum Gasteiger partial charge on any atom is -0.350 e. The molecule has 5 heteroatoms. The SMILES string of the molecule is CCC(CC)C(=O)NCc1cn2cc(Cl)ccc2n1. The van der Waals surface area contributed by atoms with Gasteiger partial charge in [-0.1, -0.05) is 25.4 Å². The summed E-state index contributed by atoms with van der Waals surface area (Å²) >= 11 is 5.92. The Kier molecular flexibility index (Phi) is 4.43. The Hall–Kier alpha value is -1.55. The number of pyridine rings is 1. The second-order valence-electron chi connectivity index (χ2n) is 4.58. The van der Waals surface area contributed by atoms with Gasteiger partial charge in [0, 0.05) is 18.3 Å². The van der Waals surface area contributed by atoms with E-state index in [1.54, 1.807) is 12.3 Å². The van der Waals surface area contributed by atoms with Crippen molar-refractivity contribution in [3.8, 4) is 0 Å². The minimum atomic E-state index is 0.0893. The van der Waals surface area contributed by atoms with Crippen molar-refractivity contribution in [1.29, 1.82) is 0 Å². The molecule has 0 aromatic carbocycles. The number of aromatic nitrogens is 2. The summed E-state index contributed by atoms with van der Waals surface area (Å²) in [6.07, 6.45) is 5.41. The lowest BCUT2D eigenvalue weighted by atomic mass is 10.0. The third-order valence-electron chi connectivity index (χ3n) is 3.26. The number of fused-ring (bicyclic) bond motifs is 1. The van der Waals surface area contributed by atoms with Crippen molar-refractivity contribution < 1.29 is 4.79 Å². The maximum atomic E-state index is 11.9. The molecule has 102 valence electrons. The Morgan fingerprint density at radius 1 is 1.37 bits per heavy atom. The molecule has 0 radical (unpaired) electrons. The number of halogens is 1. The highest BCUT2D eigenvalue weighted by Crippen LogP contribution is 2.12. The molecule has 19 heavy (non-hydrogen) atoms. The quantitative estimate of drug-likeness (QED) is 0.914. The number of nitrogens with zero attached hydrogens (tertiary/aromatic N) is 2. The number of amides is 1. The molecular weight excluding hydrogens is 262 g/mol. The topological polar surface area (TPSA) is 46.4 Å². The van der Waals surface area contributed by atoms with Crippen molar-refractivity contribution in [2.75, 3.05) is 0 Å². The van der Waals surface area contributed by atoms with Gasteiger partial charge in [0.15, 0.2) is 0 Å². The van der Waals surface area contributed by atoms with Crippen LogP contribution < -0.4 is 5.32 Å². The molecule has 2 rings (SSSR count). The number of carbonyl (C=O) groups is 1. The van der Waals surface area contributed by atoms with Gasteiger partial charge in [0.2, 0.25) is 5.91 Å². The summed E-state index contributed by atoms with van der Waals surface area (Å²) in [5.41, 5.74) is 1.66. The standard InChI is InChI=1S/C14H18ClN3O/c1-3-10(4-2)14(19)16-7-12-9-18-8-11(15)5-6-13(18)17-12/h5-6,8-10H,3-4,7H2,1-2H3,(H,16,19). The van der Waals surface area contributed by atoms with Gasteiger partial charge in [-0.3, -0.25) is 4.79 Å².